The van der Waals surface area contributed by atoms with Crippen LogP contribution >= 0.6 is 0 Å². The highest BCUT2D eigenvalue weighted by molar-refractivity contribution is 5.97. The lowest BCUT2D eigenvalue weighted by molar-refractivity contribution is 0.0947. The van der Waals surface area contributed by atoms with Crippen LogP contribution in [0.3, 0.4) is 0 Å². The van der Waals surface area contributed by atoms with Crippen molar-refractivity contribution in [3.05, 3.63) is 59.9 Å². The van der Waals surface area contributed by atoms with Crippen molar-refractivity contribution in [3.8, 4) is 5.75 Å². The molecule has 5 heteroatoms. The second-order valence-electron chi connectivity index (χ2n) is 7.01. The van der Waals surface area contributed by atoms with Gasteiger partial charge in [-0.05, 0) is 41.3 Å². The van der Waals surface area contributed by atoms with Crippen LogP contribution in [-0.4, -0.2) is 29.0 Å². The first kappa shape index (κ1) is 17.0. The van der Waals surface area contributed by atoms with Gasteiger partial charge in [-0.2, -0.15) is 0 Å². The average Bonchev–Trinajstić information content (AvgIpc) is 3.06. The maximum absolute atomic E-state index is 12.2. The van der Waals surface area contributed by atoms with E-state index in [1.165, 1.54) is 5.56 Å². The summed E-state index contributed by atoms with van der Waals surface area (Å²) in [6, 6.07) is 13.5. The minimum Gasteiger partial charge on any atom is -0.492 e. The molecule has 2 aromatic carbocycles. The zero-order valence-electron chi connectivity index (χ0n) is 14.8. The molecule has 3 rings (SSSR count). The molecule has 1 heterocycles. The third-order valence-corrected chi connectivity index (χ3v) is 4.06. The number of hydrogen-bond acceptors (Lipinski definition) is 3. The van der Waals surface area contributed by atoms with Gasteiger partial charge in [0.25, 0.3) is 5.91 Å². The predicted molar refractivity (Wildman–Crippen MR) is 99.1 cm³/mol. The van der Waals surface area contributed by atoms with Gasteiger partial charge in [0.15, 0.2) is 0 Å². The lowest BCUT2D eigenvalue weighted by Crippen LogP contribution is -2.28. The largest absolute Gasteiger partial charge is 0.492 e. The van der Waals surface area contributed by atoms with Crippen molar-refractivity contribution in [2.75, 3.05) is 13.2 Å². The molecule has 2 N–H and O–H groups in total. The van der Waals surface area contributed by atoms with E-state index >= 15 is 0 Å². The fourth-order valence-corrected chi connectivity index (χ4v) is 2.56. The Bertz CT molecular complexity index is 861. The Hall–Kier alpha value is -2.82. The monoisotopic (exact) mass is 337 g/mol. The van der Waals surface area contributed by atoms with Crippen LogP contribution in [0.15, 0.2) is 48.8 Å². The van der Waals surface area contributed by atoms with Crippen LogP contribution in [0.1, 0.15) is 36.7 Å². The van der Waals surface area contributed by atoms with Crippen LogP contribution in [0.2, 0.25) is 0 Å². The first-order valence-electron chi connectivity index (χ1n) is 8.38. The molecule has 0 bridgehead atoms. The molecule has 0 unspecified atom stereocenters. The van der Waals surface area contributed by atoms with Gasteiger partial charge < -0.3 is 15.0 Å². The Kier molecular flexibility index (Phi) is 4.74. The number of rotatable bonds is 5. The standard InChI is InChI=1S/C20H23N3O2/c1-20(2,3)15-5-7-16(8-6-15)25-11-10-21-19(24)14-4-9-17-18(12-14)23-13-22-17/h4-9,12-13H,10-11H2,1-3H3,(H,21,24)(H,22,23). The second kappa shape index (κ2) is 6.97. The molecule has 0 atom stereocenters. The highest BCUT2D eigenvalue weighted by Crippen LogP contribution is 2.24. The number of imidazole rings is 1. The molecule has 0 saturated heterocycles. The van der Waals surface area contributed by atoms with Gasteiger partial charge in [0.2, 0.25) is 0 Å². The fraction of sp³-hybridized carbons (Fsp3) is 0.300. The number of aromatic amines is 1. The molecule has 0 fully saturated rings. The van der Waals surface area contributed by atoms with Crippen molar-refractivity contribution in [1.82, 2.24) is 15.3 Å². The van der Waals surface area contributed by atoms with Crippen LogP contribution in [0, 0.1) is 0 Å². The molecule has 25 heavy (non-hydrogen) atoms. The van der Waals surface area contributed by atoms with Gasteiger partial charge in [-0.15, -0.1) is 0 Å². The van der Waals surface area contributed by atoms with Gasteiger partial charge in [0, 0.05) is 5.56 Å². The lowest BCUT2D eigenvalue weighted by atomic mass is 9.87. The number of amides is 1. The number of aromatic nitrogens is 2. The number of hydrogen-bond donors (Lipinski definition) is 2. The van der Waals surface area contributed by atoms with Crippen molar-refractivity contribution in [1.29, 1.82) is 0 Å². The Morgan fingerprint density at radius 1 is 1.16 bits per heavy atom. The summed E-state index contributed by atoms with van der Waals surface area (Å²) in [5.41, 5.74) is 3.69. The third-order valence-electron chi connectivity index (χ3n) is 4.06. The molecular formula is C20H23N3O2. The van der Waals surface area contributed by atoms with E-state index in [-0.39, 0.29) is 11.3 Å². The van der Waals surface area contributed by atoms with E-state index < -0.39 is 0 Å². The number of benzene rings is 2. The van der Waals surface area contributed by atoms with E-state index in [0.29, 0.717) is 18.7 Å². The molecule has 5 nitrogen and oxygen atoms in total. The summed E-state index contributed by atoms with van der Waals surface area (Å²) in [5, 5.41) is 2.86. The normalized spacial score (nSPS) is 11.5. The van der Waals surface area contributed by atoms with Crippen molar-refractivity contribution in [3.63, 3.8) is 0 Å². The van der Waals surface area contributed by atoms with Crippen LogP contribution < -0.4 is 10.1 Å². The summed E-state index contributed by atoms with van der Waals surface area (Å²) in [6.07, 6.45) is 1.62. The molecule has 1 aromatic heterocycles. The lowest BCUT2D eigenvalue weighted by Gasteiger charge is -2.19. The predicted octanol–water partition coefficient (Wildman–Crippen LogP) is 3.67. The average molecular weight is 337 g/mol. The first-order valence-corrected chi connectivity index (χ1v) is 8.38. The number of H-pyrrole nitrogens is 1. The number of fused-ring (bicyclic) bond motifs is 1. The van der Waals surface area contributed by atoms with E-state index in [1.54, 1.807) is 18.5 Å². The van der Waals surface area contributed by atoms with E-state index in [0.717, 1.165) is 16.8 Å². The van der Waals surface area contributed by atoms with Crippen LogP contribution in [0.5, 0.6) is 5.75 Å². The smallest absolute Gasteiger partial charge is 0.251 e. The fourth-order valence-electron chi connectivity index (χ4n) is 2.56. The molecule has 0 aliphatic carbocycles. The Morgan fingerprint density at radius 2 is 1.92 bits per heavy atom. The maximum Gasteiger partial charge on any atom is 0.251 e. The van der Waals surface area contributed by atoms with Crippen molar-refractivity contribution in [2.24, 2.45) is 0 Å². The summed E-state index contributed by atoms with van der Waals surface area (Å²) in [4.78, 5) is 19.3. The Balaban J connectivity index is 1.48. The van der Waals surface area contributed by atoms with E-state index in [1.807, 2.05) is 18.2 Å². The topological polar surface area (TPSA) is 67.0 Å². The van der Waals surface area contributed by atoms with E-state index in [9.17, 15) is 4.79 Å². The van der Waals surface area contributed by atoms with Crippen molar-refractivity contribution in [2.45, 2.75) is 26.2 Å². The number of carbonyl (C=O) groups is 1. The zero-order chi connectivity index (χ0) is 17.9. The molecular weight excluding hydrogens is 314 g/mol. The molecule has 0 radical (unpaired) electrons. The molecule has 3 aromatic rings. The van der Waals surface area contributed by atoms with E-state index in [2.05, 4.69) is 48.2 Å². The van der Waals surface area contributed by atoms with Crippen molar-refractivity contribution >= 4 is 16.9 Å². The van der Waals surface area contributed by atoms with Gasteiger partial charge >= 0.3 is 0 Å². The molecule has 0 spiro atoms. The number of nitrogens with zero attached hydrogens (tertiary/aromatic N) is 1. The Morgan fingerprint density at radius 3 is 2.64 bits per heavy atom. The third kappa shape index (κ3) is 4.18. The van der Waals surface area contributed by atoms with Gasteiger partial charge in [-0.1, -0.05) is 32.9 Å². The van der Waals surface area contributed by atoms with Crippen molar-refractivity contribution < 1.29 is 9.53 Å². The summed E-state index contributed by atoms with van der Waals surface area (Å²) in [7, 11) is 0. The molecule has 130 valence electrons. The summed E-state index contributed by atoms with van der Waals surface area (Å²) >= 11 is 0. The zero-order valence-corrected chi connectivity index (χ0v) is 14.8. The minimum atomic E-state index is -0.122. The van der Waals surface area contributed by atoms with Gasteiger partial charge in [0.05, 0.1) is 23.9 Å². The van der Waals surface area contributed by atoms with Crippen LogP contribution in [-0.2, 0) is 5.41 Å². The van der Waals surface area contributed by atoms with Crippen LogP contribution in [0.25, 0.3) is 11.0 Å². The summed E-state index contributed by atoms with van der Waals surface area (Å²) in [6.45, 7) is 7.41. The Labute approximate surface area is 147 Å². The molecule has 1 amide bonds. The van der Waals surface area contributed by atoms with Crippen LogP contribution in [0.4, 0.5) is 0 Å². The van der Waals surface area contributed by atoms with Gasteiger partial charge in [-0.3, -0.25) is 4.79 Å². The van der Waals surface area contributed by atoms with E-state index in [4.69, 9.17) is 4.74 Å². The quantitative estimate of drug-likeness (QED) is 0.698. The highest BCUT2D eigenvalue weighted by atomic mass is 16.5. The highest BCUT2D eigenvalue weighted by Gasteiger charge is 2.13. The summed E-state index contributed by atoms with van der Waals surface area (Å²) < 4.78 is 5.69. The first-order chi connectivity index (χ1) is 11.9. The minimum absolute atomic E-state index is 0.122. The molecule has 0 aliphatic rings. The SMILES string of the molecule is CC(C)(C)c1ccc(OCCNC(=O)c2ccc3nc[nH]c3c2)cc1. The number of carbonyl (C=O) groups excluding carboxylic acids is 1. The second-order valence-corrected chi connectivity index (χ2v) is 7.01. The number of ether oxygens (including phenoxy) is 1. The molecule has 0 saturated carbocycles. The molecule has 0 aliphatic heterocycles. The van der Waals surface area contributed by atoms with Gasteiger partial charge in [0.1, 0.15) is 12.4 Å². The summed E-state index contributed by atoms with van der Waals surface area (Å²) in [5.74, 6) is 0.685. The number of nitrogens with one attached hydrogen (secondary N) is 2. The maximum atomic E-state index is 12.2. The van der Waals surface area contributed by atoms with Gasteiger partial charge in [-0.25, -0.2) is 4.98 Å².